The van der Waals surface area contributed by atoms with Gasteiger partial charge >= 0.3 is 0 Å². The lowest BCUT2D eigenvalue weighted by Gasteiger charge is -2.29. The zero-order valence-corrected chi connectivity index (χ0v) is 13.3. The van der Waals surface area contributed by atoms with Gasteiger partial charge in [-0.15, -0.1) is 0 Å². The summed E-state index contributed by atoms with van der Waals surface area (Å²) in [5.41, 5.74) is 8.63. The highest BCUT2D eigenvalue weighted by Crippen LogP contribution is 2.35. The normalized spacial score (nSPS) is 24.2. The first-order valence-electron chi connectivity index (χ1n) is 8.07. The first kappa shape index (κ1) is 14.5. The molecule has 0 aromatic carbocycles. The fourth-order valence-corrected chi connectivity index (χ4v) is 3.56. The standard InChI is InChI=1S/C17H26N4/c1-17(2,3)21-15-9-10-19-11-14(15)20-16(21)12-7-5-4-6-8-13(12)18/h9-13H,4-8,18H2,1-3H3. The topological polar surface area (TPSA) is 56.7 Å². The van der Waals surface area contributed by atoms with Crippen molar-refractivity contribution in [1.82, 2.24) is 14.5 Å². The Labute approximate surface area is 126 Å². The summed E-state index contributed by atoms with van der Waals surface area (Å²) in [7, 11) is 0. The third kappa shape index (κ3) is 2.69. The molecule has 0 bridgehead atoms. The Kier molecular flexibility index (Phi) is 3.74. The van der Waals surface area contributed by atoms with Crippen molar-refractivity contribution < 1.29 is 0 Å². The van der Waals surface area contributed by atoms with E-state index in [0.29, 0.717) is 5.92 Å². The van der Waals surface area contributed by atoms with Gasteiger partial charge in [0.15, 0.2) is 0 Å². The number of aromatic nitrogens is 3. The van der Waals surface area contributed by atoms with Crippen LogP contribution in [0.4, 0.5) is 0 Å². The number of pyridine rings is 1. The van der Waals surface area contributed by atoms with Crippen molar-refractivity contribution in [2.45, 2.75) is 70.4 Å². The van der Waals surface area contributed by atoms with Crippen LogP contribution in [0.1, 0.15) is 64.6 Å². The number of imidazole rings is 1. The lowest BCUT2D eigenvalue weighted by atomic mass is 9.93. The second-order valence-electron chi connectivity index (χ2n) is 7.25. The third-order valence-electron chi connectivity index (χ3n) is 4.55. The molecule has 2 N–H and O–H groups in total. The average Bonchev–Trinajstić information content (AvgIpc) is 2.68. The molecule has 3 rings (SSSR count). The smallest absolute Gasteiger partial charge is 0.115 e. The van der Waals surface area contributed by atoms with Crippen LogP contribution in [0.25, 0.3) is 11.0 Å². The lowest BCUT2D eigenvalue weighted by molar-refractivity contribution is 0.364. The Hall–Kier alpha value is -1.42. The van der Waals surface area contributed by atoms with Crippen LogP contribution in [0, 0.1) is 0 Å². The molecule has 1 saturated carbocycles. The predicted octanol–water partition coefficient (Wildman–Crippen LogP) is 3.56. The first-order chi connectivity index (χ1) is 9.98. The fourth-order valence-electron chi connectivity index (χ4n) is 3.56. The van der Waals surface area contributed by atoms with Crippen molar-refractivity contribution in [2.75, 3.05) is 0 Å². The van der Waals surface area contributed by atoms with E-state index in [1.807, 2.05) is 12.4 Å². The highest BCUT2D eigenvalue weighted by Gasteiger charge is 2.30. The molecule has 114 valence electrons. The Morgan fingerprint density at radius 2 is 1.95 bits per heavy atom. The van der Waals surface area contributed by atoms with Crippen LogP contribution >= 0.6 is 0 Å². The molecule has 0 radical (unpaired) electrons. The molecule has 21 heavy (non-hydrogen) atoms. The number of hydrogen-bond donors (Lipinski definition) is 1. The molecule has 2 unspecified atom stereocenters. The van der Waals surface area contributed by atoms with Gasteiger partial charge < -0.3 is 10.3 Å². The number of hydrogen-bond acceptors (Lipinski definition) is 3. The molecular formula is C17H26N4. The van der Waals surface area contributed by atoms with Gasteiger partial charge in [0.2, 0.25) is 0 Å². The van der Waals surface area contributed by atoms with Gasteiger partial charge in [0, 0.05) is 23.7 Å². The van der Waals surface area contributed by atoms with E-state index in [1.165, 1.54) is 24.8 Å². The molecule has 0 aliphatic heterocycles. The quantitative estimate of drug-likeness (QED) is 0.815. The van der Waals surface area contributed by atoms with Crippen LogP contribution in [-0.4, -0.2) is 20.6 Å². The second kappa shape index (κ2) is 5.41. The van der Waals surface area contributed by atoms with Crippen LogP contribution in [0.2, 0.25) is 0 Å². The van der Waals surface area contributed by atoms with Gasteiger partial charge in [0.1, 0.15) is 11.3 Å². The Morgan fingerprint density at radius 3 is 2.71 bits per heavy atom. The molecule has 2 aromatic heterocycles. The molecule has 2 atom stereocenters. The third-order valence-corrected chi connectivity index (χ3v) is 4.55. The van der Waals surface area contributed by atoms with E-state index < -0.39 is 0 Å². The molecule has 4 heteroatoms. The minimum atomic E-state index is -0.00252. The zero-order chi connectivity index (χ0) is 15.0. The van der Waals surface area contributed by atoms with Gasteiger partial charge in [0.25, 0.3) is 0 Å². The van der Waals surface area contributed by atoms with Crippen LogP contribution in [0.3, 0.4) is 0 Å². The maximum atomic E-state index is 6.48. The Morgan fingerprint density at radius 1 is 1.19 bits per heavy atom. The monoisotopic (exact) mass is 286 g/mol. The summed E-state index contributed by atoms with van der Waals surface area (Å²) in [6, 6.07) is 2.29. The van der Waals surface area contributed by atoms with E-state index in [0.717, 1.165) is 24.2 Å². The van der Waals surface area contributed by atoms with Crippen LogP contribution < -0.4 is 5.73 Å². The van der Waals surface area contributed by atoms with Gasteiger partial charge in [-0.2, -0.15) is 0 Å². The van der Waals surface area contributed by atoms with E-state index >= 15 is 0 Å². The molecule has 4 nitrogen and oxygen atoms in total. The molecule has 0 spiro atoms. The van der Waals surface area contributed by atoms with Gasteiger partial charge in [0.05, 0.1) is 11.7 Å². The highest BCUT2D eigenvalue weighted by molar-refractivity contribution is 5.75. The summed E-state index contributed by atoms with van der Waals surface area (Å²) in [4.78, 5) is 9.14. The van der Waals surface area contributed by atoms with E-state index in [1.54, 1.807) is 0 Å². The summed E-state index contributed by atoms with van der Waals surface area (Å²) in [6.45, 7) is 6.71. The Balaban J connectivity index is 2.16. The molecule has 1 fully saturated rings. The van der Waals surface area contributed by atoms with E-state index in [2.05, 4.69) is 36.4 Å². The largest absolute Gasteiger partial charge is 0.327 e. The van der Waals surface area contributed by atoms with Crippen molar-refractivity contribution in [3.63, 3.8) is 0 Å². The Bertz CT molecular complexity index is 623. The van der Waals surface area contributed by atoms with Crippen LogP contribution in [-0.2, 0) is 5.54 Å². The molecule has 1 aliphatic rings. The van der Waals surface area contributed by atoms with Crippen molar-refractivity contribution in [3.05, 3.63) is 24.3 Å². The van der Waals surface area contributed by atoms with E-state index in [9.17, 15) is 0 Å². The van der Waals surface area contributed by atoms with Crippen molar-refractivity contribution in [1.29, 1.82) is 0 Å². The summed E-state index contributed by atoms with van der Waals surface area (Å²) < 4.78 is 2.37. The molecule has 2 heterocycles. The summed E-state index contributed by atoms with van der Waals surface area (Å²) in [6.07, 6.45) is 9.76. The summed E-state index contributed by atoms with van der Waals surface area (Å²) in [5, 5.41) is 0. The maximum absolute atomic E-state index is 6.48. The molecule has 1 aliphatic carbocycles. The number of nitrogens with two attached hydrogens (primary N) is 1. The fraction of sp³-hybridized carbons (Fsp3) is 0.647. The van der Waals surface area contributed by atoms with Gasteiger partial charge in [-0.3, -0.25) is 4.98 Å². The minimum Gasteiger partial charge on any atom is -0.327 e. The zero-order valence-electron chi connectivity index (χ0n) is 13.3. The van der Waals surface area contributed by atoms with Crippen LogP contribution in [0.15, 0.2) is 18.5 Å². The van der Waals surface area contributed by atoms with Crippen molar-refractivity contribution >= 4 is 11.0 Å². The van der Waals surface area contributed by atoms with Crippen LogP contribution in [0.5, 0.6) is 0 Å². The minimum absolute atomic E-state index is 0.00252. The molecule has 2 aromatic rings. The van der Waals surface area contributed by atoms with Gasteiger partial charge in [-0.25, -0.2) is 4.98 Å². The van der Waals surface area contributed by atoms with E-state index in [4.69, 9.17) is 10.7 Å². The highest BCUT2D eigenvalue weighted by atomic mass is 15.1. The first-order valence-corrected chi connectivity index (χ1v) is 8.07. The summed E-state index contributed by atoms with van der Waals surface area (Å²) in [5.74, 6) is 1.51. The maximum Gasteiger partial charge on any atom is 0.115 e. The molecular weight excluding hydrogens is 260 g/mol. The SMILES string of the molecule is CC(C)(C)n1c(C2CCCCCC2N)nc2cnccc21. The lowest BCUT2D eigenvalue weighted by Crippen LogP contribution is -2.33. The number of fused-ring (bicyclic) bond motifs is 1. The summed E-state index contributed by atoms with van der Waals surface area (Å²) >= 11 is 0. The molecule has 0 saturated heterocycles. The number of nitrogens with zero attached hydrogens (tertiary/aromatic N) is 3. The van der Waals surface area contributed by atoms with Gasteiger partial charge in [-0.1, -0.05) is 19.3 Å². The van der Waals surface area contributed by atoms with E-state index in [-0.39, 0.29) is 11.6 Å². The van der Waals surface area contributed by atoms with Crippen molar-refractivity contribution in [2.24, 2.45) is 5.73 Å². The second-order valence-corrected chi connectivity index (χ2v) is 7.25. The molecule has 0 amide bonds. The van der Waals surface area contributed by atoms with Gasteiger partial charge in [-0.05, 0) is 39.7 Å². The predicted molar refractivity (Wildman–Crippen MR) is 86.3 cm³/mol. The van der Waals surface area contributed by atoms with Crippen molar-refractivity contribution in [3.8, 4) is 0 Å². The average molecular weight is 286 g/mol. The number of rotatable bonds is 1.